The van der Waals surface area contributed by atoms with Crippen LogP contribution in [0.3, 0.4) is 0 Å². The quantitative estimate of drug-likeness (QED) is 0.529. The van der Waals surface area contributed by atoms with Gasteiger partial charge in [0.2, 0.25) is 0 Å². The van der Waals surface area contributed by atoms with Crippen LogP contribution in [0.1, 0.15) is 36.2 Å². The molecule has 0 aromatic carbocycles. The van der Waals surface area contributed by atoms with Gasteiger partial charge in [0.15, 0.2) is 0 Å². The van der Waals surface area contributed by atoms with Gasteiger partial charge in [0.25, 0.3) is 5.91 Å². The maximum atomic E-state index is 11.8. The summed E-state index contributed by atoms with van der Waals surface area (Å²) in [5, 5.41) is 2.88. The van der Waals surface area contributed by atoms with Crippen molar-refractivity contribution in [2.24, 2.45) is 11.8 Å². The van der Waals surface area contributed by atoms with Gasteiger partial charge in [0.05, 0.1) is 5.69 Å². The van der Waals surface area contributed by atoms with Gasteiger partial charge in [-0.2, -0.15) is 0 Å². The van der Waals surface area contributed by atoms with Crippen molar-refractivity contribution in [3.05, 3.63) is 24.0 Å². The van der Waals surface area contributed by atoms with Gasteiger partial charge in [-0.3, -0.25) is 15.6 Å². The number of amides is 1. The van der Waals surface area contributed by atoms with Crippen molar-refractivity contribution in [1.29, 1.82) is 0 Å². The Kier molecular flexibility index (Phi) is 3.93. The molecule has 1 amide bonds. The van der Waals surface area contributed by atoms with Crippen LogP contribution in [0.5, 0.6) is 0 Å². The molecule has 5 heteroatoms. The zero-order valence-corrected chi connectivity index (χ0v) is 9.78. The van der Waals surface area contributed by atoms with Crippen molar-refractivity contribution < 1.29 is 4.79 Å². The average Bonchev–Trinajstić information content (AvgIpc) is 2.32. The summed E-state index contributed by atoms with van der Waals surface area (Å²) < 4.78 is 0. The highest BCUT2D eigenvalue weighted by molar-refractivity contribution is 5.93. The SMILES string of the molecule is NNc1ccnc(C(=O)NCCC2CCC2)c1. The van der Waals surface area contributed by atoms with E-state index < -0.39 is 0 Å². The smallest absolute Gasteiger partial charge is 0.269 e. The lowest BCUT2D eigenvalue weighted by molar-refractivity contribution is 0.0944. The highest BCUT2D eigenvalue weighted by atomic mass is 16.1. The highest BCUT2D eigenvalue weighted by Crippen LogP contribution is 2.28. The summed E-state index contributed by atoms with van der Waals surface area (Å²) in [5.74, 6) is 5.94. The van der Waals surface area contributed by atoms with Crippen molar-refractivity contribution in [3.63, 3.8) is 0 Å². The molecule has 0 bridgehead atoms. The zero-order chi connectivity index (χ0) is 12.1. The molecule has 5 nitrogen and oxygen atoms in total. The molecule has 0 saturated heterocycles. The number of rotatable bonds is 5. The number of hydrogen-bond donors (Lipinski definition) is 3. The van der Waals surface area contributed by atoms with E-state index in [2.05, 4.69) is 15.7 Å². The largest absolute Gasteiger partial charge is 0.351 e. The van der Waals surface area contributed by atoms with Gasteiger partial charge in [-0.25, -0.2) is 0 Å². The van der Waals surface area contributed by atoms with Crippen LogP contribution in [0.2, 0.25) is 0 Å². The first-order valence-electron chi connectivity index (χ1n) is 6.00. The second-order valence-corrected chi connectivity index (χ2v) is 4.42. The molecule has 0 radical (unpaired) electrons. The molecule has 2 rings (SSSR count). The summed E-state index contributed by atoms with van der Waals surface area (Å²) in [7, 11) is 0. The van der Waals surface area contributed by atoms with E-state index >= 15 is 0 Å². The van der Waals surface area contributed by atoms with Gasteiger partial charge in [-0.15, -0.1) is 0 Å². The number of nitrogens with two attached hydrogens (primary N) is 1. The zero-order valence-electron chi connectivity index (χ0n) is 9.78. The Bertz CT molecular complexity index is 390. The molecule has 1 saturated carbocycles. The summed E-state index contributed by atoms with van der Waals surface area (Å²) in [4.78, 5) is 15.8. The van der Waals surface area contributed by atoms with E-state index in [1.807, 2.05) is 0 Å². The predicted molar refractivity (Wildman–Crippen MR) is 66.3 cm³/mol. The molecule has 4 N–H and O–H groups in total. The van der Waals surface area contributed by atoms with Crippen molar-refractivity contribution in [1.82, 2.24) is 10.3 Å². The third-order valence-corrected chi connectivity index (χ3v) is 3.22. The van der Waals surface area contributed by atoms with E-state index in [9.17, 15) is 4.79 Å². The van der Waals surface area contributed by atoms with Gasteiger partial charge in [0, 0.05) is 12.7 Å². The summed E-state index contributed by atoms with van der Waals surface area (Å²) in [5.41, 5.74) is 3.58. The van der Waals surface area contributed by atoms with E-state index in [0.717, 1.165) is 18.9 Å². The minimum absolute atomic E-state index is 0.138. The molecule has 1 aliphatic rings. The Hall–Kier alpha value is -1.62. The monoisotopic (exact) mass is 234 g/mol. The lowest BCUT2D eigenvalue weighted by Gasteiger charge is -2.25. The summed E-state index contributed by atoms with van der Waals surface area (Å²) in [6, 6.07) is 3.35. The minimum atomic E-state index is -0.138. The molecule has 0 unspecified atom stereocenters. The Morgan fingerprint density at radius 2 is 2.35 bits per heavy atom. The molecule has 17 heavy (non-hydrogen) atoms. The number of anilines is 1. The second kappa shape index (κ2) is 5.63. The molecule has 1 fully saturated rings. The van der Waals surface area contributed by atoms with Gasteiger partial charge < -0.3 is 10.7 Å². The molecule has 0 aliphatic heterocycles. The lowest BCUT2D eigenvalue weighted by atomic mass is 9.83. The third-order valence-electron chi connectivity index (χ3n) is 3.22. The molecule has 1 heterocycles. The third kappa shape index (κ3) is 3.17. The van der Waals surface area contributed by atoms with Crippen molar-refractivity contribution in [3.8, 4) is 0 Å². The Morgan fingerprint density at radius 3 is 3.00 bits per heavy atom. The topological polar surface area (TPSA) is 80.0 Å². The Balaban J connectivity index is 1.81. The molecule has 0 spiro atoms. The number of pyridine rings is 1. The standard InChI is InChI=1S/C12H18N4O/c13-16-10-5-7-14-11(8-10)12(17)15-6-4-9-2-1-3-9/h5,7-9H,1-4,6,13H2,(H,14,16)(H,15,17). The molecule has 1 aromatic rings. The molecule has 92 valence electrons. The number of aromatic nitrogens is 1. The van der Waals surface area contributed by atoms with Crippen LogP contribution < -0.4 is 16.6 Å². The summed E-state index contributed by atoms with van der Waals surface area (Å²) in [6.07, 6.45) is 6.59. The highest BCUT2D eigenvalue weighted by Gasteiger charge is 2.17. The summed E-state index contributed by atoms with van der Waals surface area (Å²) >= 11 is 0. The van der Waals surface area contributed by atoms with Crippen LogP contribution in [-0.2, 0) is 0 Å². The Labute approximate surface area is 101 Å². The molecule has 1 aliphatic carbocycles. The van der Waals surface area contributed by atoms with Crippen molar-refractivity contribution in [2.45, 2.75) is 25.7 Å². The average molecular weight is 234 g/mol. The lowest BCUT2D eigenvalue weighted by Crippen LogP contribution is -2.28. The number of nitrogens with zero attached hydrogens (tertiary/aromatic N) is 1. The number of nitrogens with one attached hydrogen (secondary N) is 2. The number of nitrogen functional groups attached to an aromatic ring is 1. The fourth-order valence-corrected chi connectivity index (χ4v) is 1.91. The second-order valence-electron chi connectivity index (χ2n) is 4.42. The number of hydrogen-bond acceptors (Lipinski definition) is 4. The molecule has 0 atom stereocenters. The molecular weight excluding hydrogens is 216 g/mol. The van der Waals surface area contributed by atoms with E-state index in [0.29, 0.717) is 11.4 Å². The van der Waals surface area contributed by atoms with Crippen LogP contribution in [0.4, 0.5) is 5.69 Å². The summed E-state index contributed by atoms with van der Waals surface area (Å²) in [6.45, 7) is 0.728. The van der Waals surface area contributed by atoms with E-state index in [1.54, 1.807) is 18.3 Å². The van der Waals surface area contributed by atoms with Crippen LogP contribution in [0.25, 0.3) is 0 Å². The van der Waals surface area contributed by atoms with E-state index in [1.165, 1.54) is 19.3 Å². The van der Waals surface area contributed by atoms with E-state index in [4.69, 9.17) is 5.84 Å². The van der Waals surface area contributed by atoms with Crippen LogP contribution in [0, 0.1) is 5.92 Å². The number of carbonyl (C=O) groups is 1. The fraction of sp³-hybridized carbons (Fsp3) is 0.500. The predicted octanol–water partition coefficient (Wildman–Crippen LogP) is 1.29. The van der Waals surface area contributed by atoms with Gasteiger partial charge in [-0.1, -0.05) is 19.3 Å². The van der Waals surface area contributed by atoms with Crippen molar-refractivity contribution >= 4 is 11.6 Å². The van der Waals surface area contributed by atoms with Gasteiger partial charge in [-0.05, 0) is 24.5 Å². The Morgan fingerprint density at radius 1 is 1.53 bits per heavy atom. The van der Waals surface area contributed by atoms with E-state index in [-0.39, 0.29) is 5.91 Å². The minimum Gasteiger partial charge on any atom is -0.351 e. The first kappa shape index (κ1) is 11.9. The maximum Gasteiger partial charge on any atom is 0.269 e. The molecule has 1 aromatic heterocycles. The first-order chi connectivity index (χ1) is 8.29. The number of hydrazine groups is 1. The normalized spacial score (nSPS) is 15.1. The molecular formula is C12H18N4O. The van der Waals surface area contributed by atoms with Gasteiger partial charge >= 0.3 is 0 Å². The van der Waals surface area contributed by atoms with Crippen LogP contribution in [0.15, 0.2) is 18.3 Å². The first-order valence-corrected chi connectivity index (χ1v) is 6.00. The maximum absolute atomic E-state index is 11.8. The fourth-order valence-electron chi connectivity index (χ4n) is 1.91. The van der Waals surface area contributed by atoms with Crippen LogP contribution in [-0.4, -0.2) is 17.4 Å². The van der Waals surface area contributed by atoms with Gasteiger partial charge in [0.1, 0.15) is 5.69 Å². The number of carbonyl (C=O) groups excluding carboxylic acids is 1. The van der Waals surface area contributed by atoms with Crippen molar-refractivity contribution in [2.75, 3.05) is 12.0 Å². The van der Waals surface area contributed by atoms with Crippen LogP contribution >= 0.6 is 0 Å².